The summed E-state index contributed by atoms with van der Waals surface area (Å²) in [6.07, 6.45) is 2.62. The third kappa shape index (κ3) is 3.63. The van der Waals surface area contributed by atoms with Gasteiger partial charge in [-0.05, 0) is 24.6 Å². The highest BCUT2D eigenvalue weighted by molar-refractivity contribution is 7.15. The van der Waals surface area contributed by atoms with Gasteiger partial charge in [0.1, 0.15) is 5.69 Å². The van der Waals surface area contributed by atoms with Gasteiger partial charge >= 0.3 is 0 Å². The molecule has 26 heavy (non-hydrogen) atoms. The van der Waals surface area contributed by atoms with Gasteiger partial charge in [-0.2, -0.15) is 0 Å². The van der Waals surface area contributed by atoms with E-state index in [1.165, 1.54) is 22.5 Å². The highest BCUT2D eigenvalue weighted by atomic mass is 32.1. The summed E-state index contributed by atoms with van der Waals surface area (Å²) in [5.41, 5.74) is 3.67. The lowest BCUT2D eigenvalue weighted by molar-refractivity contribution is 0.102. The standard InChI is InChI=1S/C21H17N3OS/c1-14-5-4-6-15(11-14)12-17-13-22-21(26-17)24-20(25)19-10-9-16-7-2-3-8-18(16)23-19/h2-11,13H,12H2,1H3,(H,22,24,25). The van der Waals surface area contributed by atoms with E-state index in [-0.39, 0.29) is 5.91 Å². The molecule has 0 atom stereocenters. The highest BCUT2D eigenvalue weighted by Crippen LogP contribution is 2.22. The van der Waals surface area contributed by atoms with E-state index in [0.29, 0.717) is 10.8 Å². The minimum Gasteiger partial charge on any atom is -0.296 e. The van der Waals surface area contributed by atoms with Crippen molar-refractivity contribution in [2.75, 3.05) is 5.32 Å². The van der Waals surface area contributed by atoms with Crippen LogP contribution in [-0.2, 0) is 6.42 Å². The van der Waals surface area contributed by atoms with Crippen LogP contribution in [0.25, 0.3) is 10.9 Å². The van der Waals surface area contributed by atoms with Gasteiger partial charge in [-0.1, -0.05) is 54.1 Å². The largest absolute Gasteiger partial charge is 0.296 e. The molecule has 0 radical (unpaired) electrons. The monoisotopic (exact) mass is 359 g/mol. The molecular formula is C21H17N3OS. The molecule has 2 heterocycles. The molecule has 1 amide bonds. The van der Waals surface area contributed by atoms with Crippen molar-refractivity contribution in [1.82, 2.24) is 9.97 Å². The maximum Gasteiger partial charge on any atom is 0.276 e. The van der Waals surface area contributed by atoms with Crippen LogP contribution in [-0.4, -0.2) is 15.9 Å². The SMILES string of the molecule is Cc1cccc(Cc2cnc(NC(=O)c3ccc4ccccc4n3)s2)c1. The molecule has 5 heteroatoms. The summed E-state index contributed by atoms with van der Waals surface area (Å²) in [6.45, 7) is 2.08. The van der Waals surface area contributed by atoms with E-state index in [0.717, 1.165) is 22.2 Å². The van der Waals surface area contributed by atoms with E-state index in [1.54, 1.807) is 6.07 Å². The molecule has 0 saturated carbocycles. The van der Waals surface area contributed by atoms with Gasteiger partial charge in [0, 0.05) is 22.9 Å². The first kappa shape index (κ1) is 16.4. The number of rotatable bonds is 4. The number of hydrogen-bond donors (Lipinski definition) is 1. The summed E-state index contributed by atoms with van der Waals surface area (Å²) < 4.78 is 0. The Morgan fingerprint density at radius 2 is 1.96 bits per heavy atom. The normalized spacial score (nSPS) is 10.8. The van der Waals surface area contributed by atoms with E-state index in [9.17, 15) is 4.79 Å². The topological polar surface area (TPSA) is 54.9 Å². The number of aryl methyl sites for hydroxylation is 1. The van der Waals surface area contributed by atoms with Crippen molar-refractivity contribution in [1.29, 1.82) is 0 Å². The number of carbonyl (C=O) groups excluding carboxylic acids is 1. The van der Waals surface area contributed by atoms with Crippen molar-refractivity contribution in [2.45, 2.75) is 13.3 Å². The number of thiazole rings is 1. The number of nitrogens with zero attached hydrogens (tertiary/aromatic N) is 2. The van der Waals surface area contributed by atoms with Gasteiger partial charge in [0.05, 0.1) is 5.52 Å². The number of benzene rings is 2. The Morgan fingerprint density at radius 1 is 1.08 bits per heavy atom. The van der Waals surface area contributed by atoms with E-state index in [2.05, 4.69) is 46.5 Å². The Balaban J connectivity index is 1.48. The van der Waals surface area contributed by atoms with Gasteiger partial charge in [0.15, 0.2) is 5.13 Å². The van der Waals surface area contributed by atoms with Gasteiger partial charge in [-0.3, -0.25) is 10.1 Å². The molecule has 4 nitrogen and oxygen atoms in total. The zero-order chi connectivity index (χ0) is 17.9. The molecule has 1 N–H and O–H groups in total. The van der Waals surface area contributed by atoms with E-state index >= 15 is 0 Å². The first-order valence-corrected chi connectivity index (χ1v) is 9.16. The lowest BCUT2D eigenvalue weighted by Crippen LogP contribution is -2.13. The van der Waals surface area contributed by atoms with Crippen LogP contribution in [0.3, 0.4) is 0 Å². The fraction of sp³-hybridized carbons (Fsp3) is 0.0952. The van der Waals surface area contributed by atoms with Crippen molar-refractivity contribution in [3.05, 3.63) is 88.6 Å². The smallest absolute Gasteiger partial charge is 0.276 e. The molecule has 0 spiro atoms. The van der Waals surface area contributed by atoms with Gasteiger partial charge < -0.3 is 0 Å². The fourth-order valence-electron chi connectivity index (χ4n) is 2.82. The van der Waals surface area contributed by atoms with Gasteiger partial charge in [-0.25, -0.2) is 9.97 Å². The van der Waals surface area contributed by atoms with Crippen molar-refractivity contribution < 1.29 is 4.79 Å². The third-order valence-corrected chi connectivity index (χ3v) is 4.98. The molecule has 0 saturated heterocycles. The lowest BCUT2D eigenvalue weighted by atomic mass is 10.1. The molecule has 0 aliphatic carbocycles. The van der Waals surface area contributed by atoms with Crippen LogP contribution >= 0.6 is 11.3 Å². The van der Waals surface area contributed by atoms with Crippen LogP contribution in [0.5, 0.6) is 0 Å². The summed E-state index contributed by atoms with van der Waals surface area (Å²) in [5, 5.41) is 4.45. The molecular weight excluding hydrogens is 342 g/mol. The Labute approximate surface area is 155 Å². The highest BCUT2D eigenvalue weighted by Gasteiger charge is 2.11. The fourth-order valence-corrected chi connectivity index (χ4v) is 3.67. The predicted octanol–water partition coefficient (Wildman–Crippen LogP) is 4.84. The molecule has 0 aliphatic heterocycles. The minimum atomic E-state index is -0.243. The lowest BCUT2D eigenvalue weighted by Gasteiger charge is -2.03. The van der Waals surface area contributed by atoms with Gasteiger partial charge in [0.25, 0.3) is 5.91 Å². The average Bonchev–Trinajstić information content (AvgIpc) is 3.08. The molecule has 0 aliphatic rings. The Kier molecular flexibility index (Phi) is 4.46. The first-order valence-electron chi connectivity index (χ1n) is 8.35. The van der Waals surface area contributed by atoms with Gasteiger partial charge in [-0.15, -0.1) is 11.3 Å². The summed E-state index contributed by atoms with van der Waals surface area (Å²) in [6, 6.07) is 19.8. The zero-order valence-electron chi connectivity index (χ0n) is 14.3. The molecule has 0 bridgehead atoms. The number of carbonyl (C=O) groups is 1. The number of fused-ring (bicyclic) bond motifs is 1. The van der Waals surface area contributed by atoms with Crippen LogP contribution < -0.4 is 5.32 Å². The predicted molar refractivity (Wildman–Crippen MR) is 106 cm³/mol. The third-order valence-electron chi connectivity index (χ3n) is 4.07. The van der Waals surface area contributed by atoms with Crippen LogP contribution in [0, 0.1) is 6.92 Å². The number of nitrogens with one attached hydrogen (secondary N) is 1. The Hall–Kier alpha value is -3.05. The van der Waals surface area contributed by atoms with Crippen LogP contribution in [0.1, 0.15) is 26.5 Å². The van der Waals surface area contributed by atoms with Crippen molar-refractivity contribution in [3.8, 4) is 0 Å². The van der Waals surface area contributed by atoms with Crippen LogP contribution in [0.15, 0.2) is 66.9 Å². The number of anilines is 1. The summed E-state index contributed by atoms with van der Waals surface area (Å²) >= 11 is 1.49. The molecule has 2 aromatic heterocycles. The number of hydrogen-bond acceptors (Lipinski definition) is 4. The van der Waals surface area contributed by atoms with Crippen molar-refractivity contribution in [2.24, 2.45) is 0 Å². The molecule has 0 unspecified atom stereocenters. The quantitative estimate of drug-likeness (QED) is 0.567. The van der Waals surface area contributed by atoms with E-state index < -0.39 is 0 Å². The van der Waals surface area contributed by atoms with Crippen LogP contribution in [0.2, 0.25) is 0 Å². The van der Waals surface area contributed by atoms with Gasteiger partial charge in [0.2, 0.25) is 0 Å². The maximum absolute atomic E-state index is 12.5. The molecule has 0 fully saturated rings. The Bertz CT molecular complexity index is 1090. The number of para-hydroxylation sites is 1. The zero-order valence-corrected chi connectivity index (χ0v) is 15.1. The minimum absolute atomic E-state index is 0.243. The summed E-state index contributed by atoms with van der Waals surface area (Å²) in [4.78, 5) is 22.3. The summed E-state index contributed by atoms with van der Waals surface area (Å²) in [7, 11) is 0. The average molecular weight is 359 g/mol. The molecule has 4 rings (SSSR count). The number of aromatic nitrogens is 2. The Morgan fingerprint density at radius 3 is 2.85 bits per heavy atom. The van der Waals surface area contributed by atoms with Crippen molar-refractivity contribution in [3.63, 3.8) is 0 Å². The first-order chi connectivity index (χ1) is 12.7. The summed E-state index contributed by atoms with van der Waals surface area (Å²) in [5.74, 6) is -0.243. The second kappa shape index (κ2) is 7.06. The second-order valence-electron chi connectivity index (χ2n) is 6.14. The molecule has 128 valence electrons. The maximum atomic E-state index is 12.5. The van der Waals surface area contributed by atoms with E-state index in [1.807, 2.05) is 36.5 Å². The number of amides is 1. The second-order valence-corrected chi connectivity index (χ2v) is 7.26. The van der Waals surface area contributed by atoms with Crippen LogP contribution in [0.4, 0.5) is 5.13 Å². The number of pyridine rings is 1. The van der Waals surface area contributed by atoms with Crippen molar-refractivity contribution >= 4 is 33.3 Å². The van der Waals surface area contributed by atoms with E-state index in [4.69, 9.17) is 0 Å². The molecule has 4 aromatic rings. The molecule has 2 aromatic carbocycles.